The Morgan fingerprint density at radius 1 is 1.00 bits per heavy atom. The molecule has 0 spiro atoms. The Bertz CT molecular complexity index is 922. The molecule has 0 aliphatic carbocycles. The number of rotatable bonds is 8. The molecule has 3 rings (SSSR count). The number of likely N-dealkylation sites (tertiary alicyclic amines) is 1. The molecule has 0 aromatic heterocycles. The van der Waals surface area contributed by atoms with Crippen LogP contribution in [0.3, 0.4) is 0 Å². The van der Waals surface area contributed by atoms with Gasteiger partial charge in [0.2, 0.25) is 5.91 Å². The fourth-order valence-electron chi connectivity index (χ4n) is 3.30. The summed E-state index contributed by atoms with van der Waals surface area (Å²) in [6.07, 6.45) is -0.168. The van der Waals surface area contributed by atoms with E-state index in [0.29, 0.717) is 13.0 Å². The lowest BCUT2D eigenvalue weighted by Gasteiger charge is -2.23. The fraction of sp³-hybridized carbons (Fsp3) is 0.348. The summed E-state index contributed by atoms with van der Waals surface area (Å²) < 4.78 is 10.5. The second-order valence-corrected chi connectivity index (χ2v) is 8.20. The Hall–Kier alpha value is -3.20. The third-order valence-corrected chi connectivity index (χ3v) is 5.36. The summed E-state index contributed by atoms with van der Waals surface area (Å²) in [6.45, 7) is 0.601. The first-order chi connectivity index (χ1) is 15.4. The van der Waals surface area contributed by atoms with Crippen molar-refractivity contribution in [3.8, 4) is 5.75 Å². The van der Waals surface area contributed by atoms with Crippen molar-refractivity contribution in [2.24, 2.45) is 0 Å². The van der Waals surface area contributed by atoms with E-state index in [9.17, 15) is 19.5 Å². The van der Waals surface area contributed by atoms with Crippen LogP contribution in [-0.2, 0) is 32.3 Å². The van der Waals surface area contributed by atoms with Crippen LogP contribution in [0.25, 0.3) is 0 Å². The number of amides is 2. The van der Waals surface area contributed by atoms with Crippen LogP contribution in [0.15, 0.2) is 54.6 Å². The summed E-state index contributed by atoms with van der Waals surface area (Å²) in [5.41, 5.74) is 1.60. The van der Waals surface area contributed by atoms with Gasteiger partial charge in [0.05, 0.1) is 6.42 Å². The van der Waals surface area contributed by atoms with Crippen molar-refractivity contribution in [3.05, 3.63) is 65.7 Å². The molecule has 2 N–H and O–H groups in total. The number of carbonyl (C=O) groups is 3. The maximum Gasteiger partial charge on any atom is 0.410 e. The normalized spacial score (nSPS) is 17.6. The first kappa shape index (κ1) is 23.5. The number of aromatic hydroxyl groups is 1. The van der Waals surface area contributed by atoms with Crippen LogP contribution in [0, 0.1) is 0 Å². The second kappa shape index (κ2) is 11.4. The van der Waals surface area contributed by atoms with Crippen LogP contribution in [-0.4, -0.2) is 52.4 Å². The highest BCUT2D eigenvalue weighted by Gasteiger charge is 2.39. The van der Waals surface area contributed by atoms with Crippen LogP contribution >= 0.6 is 12.6 Å². The van der Waals surface area contributed by atoms with Gasteiger partial charge in [0.25, 0.3) is 0 Å². The second-order valence-electron chi connectivity index (χ2n) is 7.47. The minimum Gasteiger partial charge on any atom is -0.508 e. The molecule has 0 unspecified atom stereocenters. The number of phenols is 1. The lowest BCUT2D eigenvalue weighted by Crippen LogP contribution is -2.46. The first-order valence-corrected chi connectivity index (χ1v) is 10.8. The Kier molecular flexibility index (Phi) is 8.38. The summed E-state index contributed by atoms with van der Waals surface area (Å²) >= 11 is 4.41. The third-order valence-electron chi connectivity index (χ3n) is 4.99. The minimum atomic E-state index is -0.700. The van der Waals surface area contributed by atoms with Gasteiger partial charge in [-0.1, -0.05) is 42.5 Å². The van der Waals surface area contributed by atoms with Gasteiger partial charge in [0, 0.05) is 18.3 Å². The molecule has 2 aromatic rings. The number of hydrogen-bond donors (Lipinski definition) is 3. The number of ether oxygens (including phenoxy) is 2. The first-order valence-electron chi connectivity index (χ1n) is 10.3. The van der Waals surface area contributed by atoms with Crippen molar-refractivity contribution in [1.29, 1.82) is 0 Å². The lowest BCUT2D eigenvalue weighted by molar-refractivity contribution is -0.144. The van der Waals surface area contributed by atoms with E-state index in [2.05, 4.69) is 17.9 Å². The highest BCUT2D eigenvalue weighted by atomic mass is 32.1. The zero-order valence-corrected chi connectivity index (χ0v) is 18.4. The average Bonchev–Trinajstić information content (AvgIpc) is 3.19. The largest absolute Gasteiger partial charge is 0.508 e. The van der Waals surface area contributed by atoms with Gasteiger partial charge >= 0.3 is 12.1 Å². The van der Waals surface area contributed by atoms with E-state index in [1.807, 2.05) is 30.3 Å². The van der Waals surface area contributed by atoms with Gasteiger partial charge in [-0.2, -0.15) is 12.6 Å². The number of thiol groups is 1. The number of phenolic OH excluding ortho intramolecular Hbond substituents is 1. The molecule has 32 heavy (non-hydrogen) atoms. The molecule has 9 heteroatoms. The predicted octanol–water partition coefficient (Wildman–Crippen LogP) is 2.65. The van der Waals surface area contributed by atoms with Gasteiger partial charge in [-0.05, 0) is 29.7 Å². The summed E-state index contributed by atoms with van der Waals surface area (Å²) in [4.78, 5) is 38.4. The van der Waals surface area contributed by atoms with E-state index in [1.54, 1.807) is 12.1 Å². The molecule has 2 aromatic carbocycles. The summed E-state index contributed by atoms with van der Waals surface area (Å²) in [6, 6.07) is 14.9. The van der Waals surface area contributed by atoms with Crippen LogP contribution in [0.2, 0.25) is 0 Å². The van der Waals surface area contributed by atoms with E-state index in [-0.39, 0.29) is 43.1 Å². The molecule has 1 heterocycles. The summed E-state index contributed by atoms with van der Waals surface area (Å²) in [5, 5.41) is 11.8. The average molecular weight is 459 g/mol. The topological polar surface area (TPSA) is 105 Å². The molecule has 2 amide bonds. The van der Waals surface area contributed by atoms with Gasteiger partial charge < -0.3 is 19.9 Å². The molecule has 0 saturated carbocycles. The molecule has 2 atom stereocenters. The lowest BCUT2D eigenvalue weighted by atomic mass is 10.2. The van der Waals surface area contributed by atoms with Crippen molar-refractivity contribution < 1.29 is 29.0 Å². The Morgan fingerprint density at radius 3 is 2.38 bits per heavy atom. The predicted molar refractivity (Wildman–Crippen MR) is 120 cm³/mol. The third kappa shape index (κ3) is 6.91. The Labute approximate surface area is 191 Å². The molecule has 1 fully saturated rings. The van der Waals surface area contributed by atoms with Gasteiger partial charge in [-0.15, -0.1) is 0 Å². The number of hydrogen-bond acceptors (Lipinski definition) is 7. The van der Waals surface area contributed by atoms with Crippen LogP contribution in [0.4, 0.5) is 4.79 Å². The molecule has 1 aliphatic rings. The monoisotopic (exact) mass is 458 g/mol. The van der Waals surface area contributed by atoms with Gasteiger partial charge in [-0.25, -0.2) is 4.79 Å². The summed E-state index contributed by atoms with van der Waals surface area (Å²) in [7, 11) is 0. The zero-order chi connectivity index (χ0) is 22.9. The van der Waals surface area contributed by atoms with Crippen LogP contribution in [0.5, 0.6) is 5.75 Å². The number of esters is 1. The number of benzene rings is 2. The molecule has 8 nitrogen and oxygen atoms in total. The van der Waals surface area contributed by atoms with Crippen molar-refractivity contribution >= 4 is 30.6 Å². The number of nitrogens with zero attached hydrogens (tertiary/aromatic N) is 1. The van der Waals surface area contributed by atoms with Crippen molar-refractivity contribution in [2.75, 3.05) is 13.1 Å². The molecule has 1 saturated heterocycles. The SMILES string of the molecule is O=C(CCNC(=O)[C@@H]1C[C@@H](S)CN1C(=O)OCc1ccccc1)OCc1ccc(O)cc1. The Balaban J connectivity index is 1.41. The Morgan fingerprint density at radius 2 is 1.66 bits per heavy atom. The smallest absolute Gasteiger partial charge is 0.410 e. The molecule has 170 valence electrons. The van der Waals surface area contributed by atoms with Crippen molar-refractivity contribution in [2.45, 2.75) is 37.3 Å². The van der Waals surface area contributed by atoms with E-state index in [4.69, 9.17) is 9.47 Å². The fourth-order valence-corrected chi connectivity index (χ4v) is 3.68. The van der Waals surface area contributed by atoms with Crippen molar-refractivity contribution in [3.63, 3.8) is 0 Å². The molecular formula is C23H26N2O6S. The minimum absolute atomic E-state index is 0.000694. The van der Waals surface area contributed by atoms with E-state index < -0.39 is 18.1 Å². The summed E-state index contributed by atoms with van der Waals surface area (Å²) in [5.74, 6) is -0.684. The van der Waals surface area contributed by atoms with Crippen molar-refractivity contribution in [1.82, 2.24) is 10.2 Å². The number of nitrogens with one attached hydrogen (secondary N) is 1. The maximum absolute atomic E-state index is 12.6. The standard InChI is InChI=1S/C23H26N2O6S/c26-18-8-6-17(7-9-18)14-30-21(27)10-11-24-22(28)20-12-19(32)13-25(20)23(29)31-15-16-4-2-1-3-5-16/h1-9,19-20,26,32H,10-15H2,(H,24,28)/t19-,20+/m1/s1. The van der Waals surface area contributed by atoms with Crippen LogP contribution in [0.1, 0.15) is 24.0 Å². The van der Waals surface area contributed by atoms with E-state index >= 15 is 0 Å². The van der Waals surface area contributed by atoms with Crippen LogP contribution < -0.4 is 5.32 Å². The number of carbonyl (C=O) groups excluding carboxylic acids is 3. The van der Waals surface area contributed by atoms with E-state index in [0.717, 1.165) is 11.1 Å². The highest BCUT2D eigenvalue weighted by Crippen LogP contribution is 2.23. The van der Waals surface area contributed by atoms with Gasteiger partial charge in [0.15, 0.2) is 0 Å². The quantitative estimate of drug-likeness (QED) is 0.415. The van der Waals surface area contributed by atoms with Gasteiger partial charge in [0.1, 0.15) is 25.0 Å². The molecular weight excluding hydrogens is 432 g/mol. The molecule has 0 radical (unpaired) electrons. The zero-order valence-electron chi connectivity index (χ0n) is 17.5. The maximum atomic E-state index is 12.6. The molecule has 0 bridgehead atoms. The molecule has 1 aliphatic heterocycles. The van der Waals surface area contributed by atoms with E-state index in [1.165, 1.54) is 17.0 Å². The van der Waals surface area contributed by atoms with Gasteiger partial charge in [-0.3, -0.25) is 14.5 Å². The highest BCUT2D eigenvalue weighted by molar-refractivity contribution is 7.81.